The standard InChI is InChI=1S/C12H21NO4S/c1-2-17-12(5-3-4-6-12)11(14)13-7-9-18(15,16)10-8-13/h2-10H2,1H3. The molecule has 1 aliphatic carbocycles. The van der Waals surface area contributed by atoms with E-state index < -0.39 is 15.4 Å². The molecule has 1 aliphatic heterocycles. The van der Waals surface area contributed by atoms with Gasteiger partial charge in [0.25, 0.3) is 5.91 Å². The van der Waals surface area contributed by atoms with Crippen molar-refractivity contribution in [2.75, 3.05) is 31.2 Å². The lowest BCUT2D eigenvalue weighted by atomic mass is 10.00. The second kappa shape index (κ2) is 5.17. The molecule has 0 aromatic heterocycles. The molecule has 0 spiro atoms. The maximum absolute atomic E-state index is 12.5. The van der Waals surface area contributed by atoms with Gasteiger partial charge in [-0.1, -0.05) is 0 Å². The zero-order valence-electron chi connectivity index (χ0n) is 10.9. The first-order valence-electron chi connectivity index (χ1n) is 6.63. The Hall–Kier alpha value is -0.620. The maximum Gasteiger partial charge on any atom is 0.254 e. The lowest BCUT2D eigenvalue weighted by molar-refractivity contribution is -0.157. The molecule has 104 valence electrons. The average molecular weight is 275 g/mol. The Labute approximate surface area is 108 Å². The van der Waals surface area contributed by atoms with E-state index in [2.05, 4.69) is 0 Å². The van der Waals surface area contributed by atoms with Crippen LogP contribution in [0.5, 0.6) is 0 Å². The van der Waals surface area contributed by atoms with E-state index in [4.69, 9.17) is 4.74 Å². The van der Waals surface area contributed by atoms with Crippen LogP contribution in [0.3, 0.4) is 0 Å². The predicted molar refractivity (Wildman–Crippen MR) is 68.1 cm³/mol. The van der Waals surface area contributed by atoms with Gasteiger partial charge in [-0.25, -0.2) is 8.42 Å². The largest absolute Gasteiger partial charge is 0.365 e. The molecule has 6 heteroatoms. The van der Waals surface area contributed by atoms with Gasteiger partial charge in [0.15, 0.2) is 9.84 Å². The van der Waals surface area contributed by atoms with Crippen LogP contribution in [0.2, 0.25) is 0 Å². The van der Waals surface area contributed by atoms with Gasteiger partial charge < -0.3 is 9.64 Å². The molecule has 0 aromatic carbocycles. The van der Waals surface area contributed by atoms with Crippen LogP contribution in [0, 0.1) is 0 Å². The highest BCUT2D eigenvalue weighted by atomic mass is 32.2. The van der Waals surface area contributed by atoms with Crippen molar-refractivity contribution in [3.63, 3.8) is 0 Å². The van der Waals surface area contributed by atoms with E-state index in [1.165, 1.54) is 0 Å². The van der Waals surface area contributed by atoms with Crippen molar-refractivity contribution in [1.82, 2.24) is 4.90 Å². The summed E-state index contributed by atoms with van der Waals surface area (Å²) in [7, 11) is -2.94. The summed E-state index contributed by atoms with van der Waals surface area (Å²) in [4.78, 5) is 14.2. The average Bonchev–Trinajstić information content (AvgIpc) is 2.78. The Morgan fingerprint density at radius 3 is 2.28 bits per heavy atom. The van der Waals surface area contributed by atoms with Crippen molar-refractivity contribution < 1.29 is 17.9 Å². The topological polar surface area (TPSA) is 63.7 Å². The van der Waals surface area contributed by atoms with Crippen molar-refractivity contribution in [3.8, 4) is 0 Å². The molecule has 1 amide bonds. The number of rotatable bonds is 3. The first kappa shape index (κ1) is 13.8. The lowest BCUT2D eigenvalue weighted by Crippen LogP contribution is -2.53. The summed E-state index contributed by atoms with van der Waals surface area (Å²) in [6.45, 7) is 3.05. The first-order chi connectivity index (χ1) is 8.49. The van der Waals surface area contributed by atoms with E-state index in [9.17, 15) is 13.2 Å². The molecule has 2 aliphatic rings. The highest BCUT2D eigenvalue weighted by Gasteiger charge is 2.45. The van der Waals surface area contributed by atoms with Crippen molar-refractivity contribution in [3.05, 3.63) is 0 Å². The Bertz CT molecular complexity index is 398. The number of carbonyl (C=O) groups is 1. The predicted octanol–water partition coefficient (Wildman–Crippen LogP) is 0.593. The molecule has 2 fully saturated rings. The Balaban J connectivity index is 2.06. The van der Waals surface area contributed by atoms with E-state index in [1.807, 2.05) is 6.92 Å². The second-order valence-electron chi connectivity index (χ2n) is 5.08. The molecule has 0 aromatic rings. The minimum Gasteiger partial charge on any atom is -0.365 e. The molecule has 1 heterocycles. The number of hydrogen-bond donors (Lipinski definition) is 0. The third kappa shape index (κ3) is 2.69. The van der Waals surface area contributed by atoms with Crippen molar-refractivity contribution in [1.29, 1.82) is 0 Å². The van der Waals surface area contributed by atoms with Gasteiger partial charge in [-0.15, -0.1) is 0 Å². The van der Waals surface area contributed by atoms with Crippen LogP contribution in [0.15, 0.2) is 0 Å². The van der Waals surface area contributed by atoms with Crippen molar-refractivity contribution in [2.24, 2.45) is 0 Å². The number of nitrogens with zero attached hydrogens (tertiary/aromatic N) is 1. The zero-order chi connectivity index (χ0) is 13.2. The van der Waals surface area contributed by atoms with Crippen LogP contribution in [0.4, 0.5) is 0 Å². The van der Waals surface area contributed by atoms with E-state index in [0.29, 0.717) is 19.7 Å². The maximum atomic E-state index is 12.5. The lowest BCUT2D eigenvalue weighted by Gasteiger charge is -2.35. The van der Waals surface area contributed by atoms with Gasteiger partial charge in [-0.05, 0) is 32.6 Å². The summed E-state index contributed by atoms with van der Waals surface area (Å²) in [5.41, 5.74) is -0.671. The Morgan fingerprint density at radius 2 is 1.78 bits per heavy atom. The van der Waals surface area contributed by atoms with Gasteiger partial charge in [0.05, 0.1) is 11.5 Å². The van der Waals surface area contributed by atoms with E-state index >= 15 is 0 Å². The molecular formula is C12H21NO4S. The van der Waals surface area contributed by atoms with Gasteiger partial charge in [-0.2, -0.15) is 0 Å². The quantitative estimate of drug-likeness (QED) is 0.756. The SMILES string of the molecule is CCOC1(C(=O)N2CCS(=O)(=O)CC2)CCCC1. The smallest absolute Gasteiger partial charge is 0.254 e. The van der Waals surface area contributed by atoms with Gasteiger partial charge in [0, 0.05) is 19.7 Å². The van der Waals surface area contributed by atoms with Crippen LogP contribution in [-0.4, -0.2) is 56.0 Å². The van der Waals surface area contributed by atoms with E-state index in [0.717, 1.165) is 25.7 Å². The fraction of sp³-hybridized carbons (Fsp3) is 0.917. The van der Waals surface area contributed by atoms with Crippen molar-refractivity contribution in [2.45, 2.75) is 38.2 Å². The highest BCUT2D eigenvalue weighted by Crippen LogP contribution is 2.35. The number of hydrogen-bond acceptors (Lipinski definition) is 4. The fourth-order valence-electron chi connectivity index (χ4n) is 2.85. The highest BCUT2D eigenvalue weighted by molar-refractivity contribution is 7.91. The van der Waals surface area contributed by atoms with Gasteiger partial charge in [0.2, 0.25) is 0 Å². The summed E-state index contributed by atoms with van der Waals surface area (Å²) in [6.07, 6.45) is 3.56. The molecule has 0 N–H and O–H groups in total. The Morgan fingerprint density at radius 1 is 1.22 bits per heavy atom. The normalized spacial score (nSPS) is 26.2. The molecule has 1 saturated carbocycles. The molecule has 2 rings (SSSR count). The number of amides is 1. The van der Waals surface area contributed by atoms with Gasteiger partial charge >= 0.3 is 0 Å². The van der Waals surface area contributed by atoms with Crippen LogP contribution in [0.25, 0.3) is 0 Å². The number of ether oxygens (including phenoxy) is 1. The van der Waals surface area contributed by atoms with Crippen LogP contribution < -0.4 is 0 Å². The zero-order valence-corrected chi connectivity index (χ0v) is 11.7. The summed E-state index contributed by atoms with van der Waals surface area (Å²) in [5, 5.41) is 0. The monoisotopic (exact) mass is 275 g/mol. The molecule has 0 radical (unpaired) electrons. The van der Waals surface area contributed by atoms with Gasteiger partial charge in [0.1, 0.15) is 5.60 Å². The Kier molecular flexibility index (Phi) is 3.96. The van der Waals surface area contributed by atoms with Crippen LogP contribution >= 0.6 is 0 Å². The van der Waals surface area contributed by atoms with E-state index in [1.54, 1.807) is 4.90 Å². The third-order valence-electron chi connectivity index (χ3n) is 3.85. The first-order valence-corrected chi connectivity index (χ1v) is 8.45. The number of sulfone groups is 1. The minimum absolute atomic E-state index is 0.00301. The summed E-state index contributed by atoms with van der Waals surface area (Å²) in [5.74, 6) is 0.166. The molecule has 18 heavy (non-hydrogen) atoms. The summed E-state index contributed by atoms with van der Waals surface area (Å²) >= 11 is 0. The summed E-state index contributed by atoms with van der Waals surface area (Å²) in [6, 6.07) is 0. The molecule has 0 unspecified atom stereocenters. The second-order valence-corrected chi connectivity index (χ2v) is 7.38. The third-order valence-corrected chi connectivity index (χ3v) is 5.46. The van der Waals surface area contributed by atoms with E-state index in [-0.39, 0.29) is 17.4 Å². The van der Waals surface area contributed by atoms with Crippen LogP contribution in [0.1, 0.15) is 32.6 Å². The molecule has 0 atom stereocenters. The number of carbonyl (C=O) groups excluding carboxylic acids is 1. The fourth-order valence-corrected chi connectivity index (χ4v) is 4.05. The summed E-state index contributed by atoms with van der Waals surface area (Å²) < 4.78 is 28.5. The van der Waals surface area contributed by atoms with Gasteiger partial charge in [-0.3, -0.25) is 4.79 Å². The molecular weight excluding hydrogens is 254 g/mol. The molecule has 5 nitrogen and oxygen atoms in total. The minimum atomic E-state index is -2.94. The van der Waals surface area contributed by atoms with Crippen molar-refractivity contribution >= 4 is 15.7 Å². The molecule has 0 bridgehead atoms. The van der Waals surface area contributed by atoms with Crippen LogP contribution in [-0.2, 0) is 19.4 Å². The molecule has 1 saturated heterocycles.